The number of nitrogens with one attached hydrogen (secondary N) is 1. The molecule has 0 radical (unpaired) electrons. The van der Waals surface area contributed by atoms with Crippen LogP contribution in [-0.4, -0.2) is 31.3 Å². The van der Waals surface area contributed by atoms with Crippen LogP contribution in [0.3, 0.4) is 0 Å². The zero-order valence-corrected chi connectivity index (χ0v) is 23.4. The number of rotatable bonds is 8. The predicted molar refractivity (Wildman–Crippen MR) is 156 cm³/mol. The molecule has 10 heteroatoms. The van der Waals surface area contributed by atoms with Crippen molar-refractivity contribution in [2.75, 3.05) is 26.1 Å². The molecule has 41 heavy (non-hydrogen) atoms. The second-order valence-corrected chi connectivity index (χ2v) is 10.0. The molecule has 0 aliphatic carbocycles. The van der Waals surface area contributed by atoms with Crippen molar-refractivity contribution in [1.82, 2.24) is 4.57 Å². The zero-order valence-electron chi connectivity index (χ0n) is 22.6. The van der Waals surface area contributed by atoms with Gasteiger partial charge in [0.15, 0.2) is 22.9 Å². The lowest BCUT2D eigenvalue weighted by Gasteiger charge is -2.26. The van der Waals surface area contributed by atoms with Gasteiger partial charge in [0.25, 0.3) is 11.5 Å². The second kappa shape index (κ2) is 11.9. The first kappa shape index (κ1) is 27.4. The molecule has 5 rings (SSSR count). The van der Waals surface area contributed by atoms with E-state index in [1.165, 1.54) is 23.0 Å². The Morgan fingerprint density at radius 2 is 1.78 bits per heavy atom. The van der Waals surface area contributed by atoms with Crippen molar-refractivity contribution < 1.29 is 19.0 Å². The van der Waals surface area contributed by atoms with Gasteiger partial charge in [0, 0.05) is 11.3 Å². The molecule has 1 N–H and O–H groups in total. The summed E-state index contributed by atoms with van der Waals surface area (Å²) in [5.41, 5.74) is 2.42. The molecule has 0 saturated heterocycles. The molecule has 9 nitrogen and oxygen atoms in total. The van der Waals surface area contributed by atoms with Crippen LogP contribution >= 0.6 is 11.3 Å². The van der Waals surface area contributed by atoms with Crippen LogP contribution in [0.5, 0.6) is 17.2 Å². The molecule has 2 heterocycles. The number of anilines is 1. The van der Waals surface area contributed by atoms with E-state index in [9.17, 15) is 9.59 Å². The number of carbonyl (C=O) groups is 1. The fraction of sp³-hybridized carbons (Fsp3) is 0.161. The van der Waals surface area contributed by atoms with E-state index in [1.807, 2.05) is 36.4 Å². The number of ether oxygens (including phenoxy) is 3. The fourth-order valence-corrected chi connectivity index (χ4v) is 5.69. The van der Waals surface area contributed by atoms with Crippen LogP contribution in [0.1, 0.15) is 24.1 Å². The summed E-state index contributed by atoms with van der Waals surface area (Å²) in [5.74, 6) is 1.10. The largest absolute Gasteiger partial charge is 0.493 e. The van der Waals surface area contributed by atoms with Gasteiger partial charge < -0.3 is 19.5 Å². The number of aromatic nitrogens is 1. The molecule has 0 saturated carbocycles. The molecule has 206 valence electrons. The molecular formula is C31H26N4O5S. The maximum Gasteiger partial charge on any atom is 0.271 e. The summed E-state index contributed by atoms with van der Waals surface area (Å²) < 4.78 is 18.4. The molecule has 1 aromatic heterocycles. The number of amides is 1. The number of para-hydroxylation sites is 2. The Labute approximate surface area is 239 Å². The first-order valence-electron chi connectivity index (χ1n) is 12.6. The number of allylic oxidation sites excluding steroid dienone is 1. The second-order valence-electron chi connectivity index (χ2n) is 9.00. The summed E-state index contributed by atoms with van der Waals surface area (Å²) in [7, 11) is 3.07. The maximum atomic E-state index is 14.0. The standard InChI is InChI=1S/C31H26N4O5S/c1-19-27(29(36)34-22-10-5-4-6-11-22)28(21-13-14-24(38-2)25(17-21)39-3)35-30(37)26(41-31(35)33-19)18-20-9-7-8-12-23(20)40-16-15-32/h4-14,17-18,28H,16H2,1-3H3,(H,34,36)/b26-18-/t28-/m0/s1. The number of benzene rings is 3. The fourth-order valence-electron chi connectivity index (χ4n) is 4.65. The van der Waals surface area contributed by atoms with E-state index in [2.05, 4.69) is 10.3 Å². The molecule has 3 aromatic carbocycles. The summed E-state index contributed by atoms with van der Waals surface area (Å²) in [6.45, 7) is 1.64. The molecular weight excluding hydrogens is 540 g/mol. The van der Waals surface area contributed by atoms with Crippen LogP contribution in [0, 0.1) is 11.3 Å². The number of nitriles is 1. The zero-order chi connectivity index (χ0) is 28.9. The van der Waals surface area contributed by atoms with Crippen LogP contribution in [0.25, 0.3) is 6.08 Å². The van der Waals surface area contributed by atoms with E-state index in [-0.39, 0.29) is 18.1 Å². The summed E-state index contributed by atoms with van der Waals surface area (Å²) in [6, 6.07) is 22.8. The number of methoxy groups -OCH3 is 2. The van der Waals surface area contributed by atoms with Gasteiger partial charge >= 0.3 is 0 Å². The quantitative estimate of drug-likeness (QED) is 0.347. The SMILES string of the molecule is COc1ccc([C@H]2C(C(=O)Nc3ccccc3)=C(C)N=c3s/c(=C\c4ccccc4OCC#N)c(=O)n32)cc1OC. The number of carbonyl (C=O) groups excluding carboxylic acids is 1. The van der Waals surface area contributed by atoms with Gasteiger partial charge in [-0.05, 0) is 48.9 Å². The number of thiazole rings is 1. The lowest BCUT2D eigenvalue weighted by molar-refractivity contribution is -0.113. The van der Waals surface area contributed by atoms with Crippen molar-refractivity contribution in [2.45, 2.75) is 13.0 Å². The summed E-state index contributed by atoms with van der Waals surface area (Å²) >= 11 is 1.21. The van der Waals surface area contributed by atoms with E-state index >= 15 is 0 Å². The van der Waals surface area contributed by atoms with Gasteiger partial charge in [-0.3, -0.25) is 14.2 Å². The van der Waals surface area contributed by atoms with Crippen LogP contribution in [0.4, 0.5) is 5.69 Å². The van der Waals surface area contributed by atoms with E-state index in [0.29, 0.717) is 54.7 Å². The van der Waals surface area contributed by atoms with Crippen molar-refractivity contribution in [2.24, 2.45) is 4.99 Å². The van der Waals surface area contributed by atoms with Gasteiger partial charge in [0.1, 0.15) is 11.8 Å². The molecule has 1 aliphatic rings. The molecule has 1 aliphatic heterocycles. The monoisotopic (exact) mass is 566 g/mol. The van der Waals surface area contributed by atoms with E-state index < -0.39 is 6.04 Å². The Morgan fingerprint density at radius 3 is 2.51 bits per heavy atom. The van der Waals surface area contributed by atoms with Crippen molar-refractivity contribution in [3.8, 4) is 23.3 Å². The Bertz CT molecular complexity index is 1870. The van der Waals surface area contributed by atoms with Gasteiger partial charge in [-0.25, -0.2) is 4.99 Å². The molecule has 0 bridgehead atoms. The number of nitrogens with zero attached hydrogens (tertiary/aromatic N) is 3. The minimum Gasteiger partial charge on any atom is -0.493 e. The summed E-state index contributed by atoms with van der Waals surface area (Å²) in [5, 5.41) is 11.9. The average molecular weight is 567 g/mol. The Hall–Kier alpha value is -5.14. The Morgan fingerprint density at radius 1 is 1.05 bits per heavy atom. The average Bonchev–Trinajstić information content (AvgIpc) is 3.29. The highest BCUT2D eigenvalue weighted by Gasteiger charge is 2.33. The van der Waals surface area contributed by atoms with Gasteiger partial charge in [-0.15, -0.1) is 0 Å². The van der Waals surface area contributed by atoms with Crippen molar-refractivity contribution >= 4 is 29.0 Å². The highest BCUT2D eigenvalue weighted by Crippen LogP contribution is 2.36. The first-order chi connectivity index (χ1) is 19.9. The molecule has 4 aromatic rings. The van der Waals surface area contributed by atoms with Gasteiger partial charge in [-0.1, -0.05) is 53.8 Å². The Balaban J connectivity index is 1.69. The maximum absolute atomic E-state index is 14.0. The van der Waals surface area contributed by atoms with Crippen molar-refractivity contribution in [1.29, 1.82) is 5.26 Å². The lowest BCUT2D eigenvalue weighted by atomic mass is 9.94. The minimum absolute atomic E-state index is 0.121. The molecule has 0 spiro atoms. The van der Waals surface area contributed by atoms with Crippen LogP contribution in [0.15, 0.2) is 93.9 Å². The van der Waals surface area contributed by atoms with Gasteiger partial charge in [0.2, 0.25) is 0 Å². The molecule has 0 unspecified atom stereocenters. The summed E-state index contributed by atoms with van der Waals surface area (Å²) in [6.07, 6.45) is 1.71. The lowest BCUT2D eigenvalue weighted by Crippen LogP contribution is -2.40. The summed E-state index contributed by atoms with van der Waals surface area (Å²) in [4.78, 5) is 32.9. The van der Waals surface area contributed by atoms with Crippen molar-refractivity contribution in [3.63, 3.8) is 0 Å². The smallest absolute Gasteiger partial charge is 0.271 e. The van der Waals surface area contributed by atoms with Crippen LogP contribution < -0.4 is 34.4 Å². The number of fused-ring (bicyclic) bond motifs is 1. The third-order valence-electron chi connectivity index (χ3n) is 6.52. The van der Waals surface area contributed by atoms with E-state index in [1.54, 1.807) is 62.6 Å². The third-order valence-corrected chi connectivity index (χ3v) is 7.50. The minimum atomic E-state index is -0.790. The molecule has 0 fully saturated rings. The first-order valence-corrected chi connectivity index (χ1v) is 13.5. The number of hydrogen-bond acceptors (Lipinski definition) is 8. The van der Waals surface area contributed by atoms with Crippen molar-refractivity contribution in [3.05, 3.63) is 115 Å². The van der Waals surface area contributed by atoms with Gasteiger partial charge in [-0.2, -0.15) is 5.26 Å². The van der Waals surface area contributed by atoms with E-state index in [0.717, 1.165) is 0 Å². The third kappa shape index (κ3) is 5.48. The van der Waals surface area contributed by atoms with Gasteiger partial charge in [0.05, 0.1) is 36.1 Å². The highest BCUT2D eigenvalue weighted by molar-refractivity contribution is 7.07. The van der Waals surface area contributed by atoms with E-state index in [4.69, 9.17) is 19.5 Å². The topological polar surface area (TPSA) is 115 Å². The predicted octanol–water partition coefficient (Wildman–Crippen LogP) is 3.79. The molecule has 1 atom stereocenters. The molecule has 1 amide bonds. The Kier molecular flexibility index (Phi) is 7.99. The number of hydrogen-bond donors (Lipinski definition) is 1. The van der Waals surface area contributed by atoms with Crippen LogP contribution in [0.2, 0.25) is 0 Å². The highest BCUT2D eigenvalue weighted by atomic mass is 32.1. The normalized spacial score (nSPS) is 14.5. The van der Waals surface area contributed by atoms with Crippen LogP contribution in [-0.2, 0) is 4.79 Å².